The van der Waals surface area contributed by atoms with Crippen molar-refractivity contribution in [2.45, 2.75) is 19.3 Å². The Morgan fingerprint density at radius 1 is 0.619 bits per heavy atom. The molecule has 0 atom stereocenters. The zero-order chi connectivity index (χ0) is 13.9. The van der Waals surface area contributed by atoms with Gasteiger partial charge in [0.2, 0.25) is 0 Å². The highest BCUT2D eigenvalue weighted by Crippen LogP contribution is 2.66. The quantitative estimate of drug-likeness (QED) is 0.812. The fraction of sp³-hybridized carbons (Fsp3) is 0.263. The Kier molecular flexibility index (Phi) is 1.61. The molecule has 0 amide bonds. The smallest absolute Gasteiger partial charge is 0.0688 e. The highest BCUT2D eigenvalue weighted by Gasteiger charge is 2.49. The maximum atomic E-state index is 9.70. The van der Waals surface area contributed by atoms with E-state index in [9.17, 15) is 10.2 Å². The average Bonchev–Trinajstić information content (AvgIpc) is 3.30. The molecule has 0 radical (unpaired) electrons. The summed E-state index contributed by atoms with van der Waals surface area (Å²) in [4.78, 5) is 0. The largest absolute Gasteiger partial charge is 0.392 e. The van der Waals surface area contributed by atoms with E-state index in [1.807, 2.05) is 0 Å². The summed E-state index contributed by atoms with van der Waals surface area (Å²) in [5.74, 6) is 0. The van der Waals surface area contributed by atoms with Crippen LogP contribution in [0.1, 0.15) is 19.3 Å². The molecule has 6 bridgehead atoms. The molecule has 0 aliphatic heterocycles. The van der Waals surface area contributed by atoms with Gasteiger partial charge in [-0.15, -0.1) is 0 Å². The summed E-state index contributed by atoms with van der Waals surface area (Å²) in [5, 5.41) is 19.4. The third-order valence-corrected chi connectivity index (χ3v) is 5.94. The highest BCUT2D eigenvalue weighted by molar-refractivity contribution is 5.92. The van der Waals surface area contributed by atoms with Crippen LogP contribution in [-0.2, 0) is 0 Å². The van der Waals surface area contributed by atoms with E-state index in [4.69, 9.17) is 0 Å². The number of fused-ring (bicyclic) bond motifs is 12. The summed E-state index contributed by atoms with van der Waals surface area (Å²) < 4.78 is 0. The summed E-state index contributed by atoms with van der Waals surface area (Å²) in [7, 11) is 0. The van der Waals surface area contributed by atoms with Crippen molar-refractivity contribution in [3.8, 4) is 0 Å². The lowest BCUT2D eigenvalue weighted by atomic mass is 9.83. The molecule has 6 aliphatic rings. The molecule has 6 rings (SSSR count). The van der Waals surface area contributed by atoms with Crippen LogP contribution in [0.2, 0.25) is 0 Å². The maximum Gasteiger partial charge on any atom is 0.0688 e. The Bertz CT molecular complexity index is 835. The highest BCUT2D eigenvalue weighted by atomic mass is 16.3. The number of aliphatic hydroxyl groups is 2. The monoisotopic (exact) mass is 274 g/mol. The van der Waals surface area contributed by atoms with E-state index in [0.29, 0.717) is 0 Å². The van der Waals surface area contributed by atoms with E-state index < -0.39 is 0 Å². The standard InChI is InChI=1S/C19H14O2/c20-6-14-10-4-11(15(14)7-21)19-13-5-12(18(10)19)16-8-1-2-9(3-8)17(13)16/h1-2,20-21H,3-7H2. The van der Waals surface area contributed by atoms with Gasteiger partial charge in [0.1, 0.15) is 0 Å². The van der Waals surface area contributed by atoms with E-state index in [-0.39, 0.29) is 13.2 Å². The maximum absolute atomic E-state index is 9.70. The number of rotatable bonds is 2. The Morgan fingerprint density at radius 2 is 1.10 bits per heavy atom. The predicted octanol–water partition coefficient (Wildman–Crippen LogP) is 2.56. The van der Waals surface area contributed by atoms with E-state index in [1.54, 1.807) is 0 Å². The lowest BCUT2D eigenvalue weighted by Crippen LogP contribution is -2.09. The van der Waals surface area contributed by atoms with Crippen LogP contribution in [0, 0.1) is 0 Å². The molecule has 0 heterocycles. The van der Waals surface area contributed by atoms with Crippen LogP contribution in [0.15, 0.2) is 79.0 Å². The van der Waals surface area contributed by atoms with Crippen molar-refractivity contribution in [2.75, 3.05) is 13.2 Å². The second kappa shape index (κ2) is 3.13. The fourth-order valence-corrected chi connectivity index (χ4v) is 5.24. The molecule has 0 unspecified atom stereocenters. The van der Waals surface area contributed by atoms with Gasteiger partial charge in [0.25, 0.3) is 0 Å². The van der Waals surface area contributed by atoms with Crippen molar-refractivity contribution in [1.82, 2.24) is 0 Å². The molecule has 2 fully saturated rings. The number of allylic oxidation sites excluding steroid dienone is 12. The van der Waals surface area contributed by atoms with Gasteiger partial charge in [-0.2, -0.15) is 0 Å². The second-order valence-electron chi connectivity index (χ2n) is 6.60. The molecule has 0 aromatic carbocycles. The van der Waals surface area contributed by atoms with Crippen LogP contribution in [0.5, 0.6) is 0 Å². The van der Waals surface area contributed by atoms with Crippen LogP contribution >= 0.6 is 0 Å². The number of hydrogen-bond acceptors (Lipinski definition) is 2. The minimum absolute atomic E-state index is 0.0495. The third-order valence-electron chi connectivity index (χ3n) is 5.94. The third kappa shape index (κ3) is 0.928. The SMILES string of the molecule is OCC1=C2CC(=C1CO)C1=C3CC(=C21)C1=C2C=CC(=C31)C2. The van der Waals surface area contributed by atoms with Gasteiger partial charge < -0.3 is 10.2 Å². The second-order valence-corrected chi connectivity index (χ2v) is 6.60. The molecule has 2 nitrogen and oxygen atoms in total. The van der Waals surface area contributed by atoms with Crippen molar-refractivity contribution in [2.24, 2.45) is 0 Å². The lowest BCUT2D eigenvalue weighted by Gasteiger charge is -2.21. The molecular weight excluding hydrogens is 260 g/mol. The molecule has 2 heteroatoms. The molecule has 0 spiro atoms. The van der Waals surface area contributed by atoms with Gasteiger partial charge in [-0.3, -0.25) is 0 Å². The molecule has 0 saturated heterocycles. The molecule has 2 N–H and O–H groups in total. The van der Waals surface area contributed by atoms with Crippen LogP contribution < -0.4 is 0 Å². The Hall–Kier alpha value is -1.90. The lowest BCUT2D eigenvalue weighted by molar-refractivity contribution is 0.310. The summed E-state index contributed by atoms with van der Waals surface area (Å²) in [6.07, 6.45) is 7.64. The van der Waals surface area contributed by atoms with Gasteiger partial charge in [-0.1, -0.05) is 12.2 Å². The van der Waals surface area contributed by atoms with E-state index >= 15 is 0 Å². The summed E-state index contributed by atoms with van der Waals surface area (Å²) in [5.41, 5.74) is 16.4. The average molecular weight is 274 g/mol. The van der Waals surface area contributed by atoms with Crippen molar-refractivity contribution in [1.29, 1.82) is 0 Å². The molecule has 21 heavy (non-hydrogen) atoms. The van der Waals surface area contributed by atoms with Crippen molar-refractivity contribution in [3.63, 3.8) is 0 Å². The first-order valence-corrected chi connectivity index (χ1v) is 7.62. The van der Waals surface area contributed by atoms with Gasteiger partial charge >= 0.3 is 0 Å². The first kappa shape index (κ1) is 10.8. The van der Waals surface area contributed by atoms with E-state index in [1.165, 1.54) is 55.7 Å². The van der Waals surface area contributed by atoms with Crippen molar-refractivity contribution in [3.05, 3.63) is 79.0 Å². The topological polar surface area (TPSA) is 40.5 Å². The predicted molar refractivity (Wildman–Crippen MR) is 79.3 cm³/mol. The van der Waals surface area contributed by atoms with Crippen LogP contribution in [0.3, 0.4) is 0 Å². The molecule has 0 aromatic heterocycles. The molecule has 102 valence electrons. The first-order valence-electron chi connectivity index (χ1n) is 7.62. The first-order chi connectivity index (χ1) is 10.3. The number of aliphatic hydroxyl groups excluding tert-OH is 2. The molecular formula is C19H14O2. The number of hydrogen-bond donors (Lipinski definition) is 2. The molecule has 0 aromatic rings. The summed E-state index contributed by atoms with van der Waals surface area (Å²) in [6, 6.07) is 0. The van der Waals surface area contributed by atoms with E-state index in [2.05, 4.69) is 12.2 Å². The zero-order valence-corrected chi connectivity index (χ0v) is 11.6. The van der Waals surface area contributed by atoms with E-state index in [0.717, 1.165) is 30.4 Å². The minimum Gasteiger partial charge on any atom is -0.392 e. The van der Waals surface area contributed by atoms with Crippen LogP contribution in [-0.4, -0.2) is 23.4 Å². The Balaban J connectivity index is 1.73. The van der Waals surface area contributed by atoms with Gasteiger partial charge in [0.15, 0.2) is 0 Å². The van der Waals surface area contributed by atoms with Gasteiger partial charge in [-0.05, 0) is 86.1 Å². The van der Waals surface area contributed by atoms with Crippen LogP contribution in [0.25, 0.3) is 0 Å². The van der Waals surface area contributed by atoms with Crippen molar-refractivity contribution >= 4 is 0 Å². The van der Waals surface area contributed by atoms with Crippen LogP contribution in [0.4, 0.5) is 0 Å². The summed E-state index contributed by atoms with van der Waals surface area (Å²) >= 11 is 0. The normalized spacial score (nSPS) is 27.0. The zero-order valence-electron chi connectivity index (χ0n) is 11.6. The minimum atomic E-state index is 0.0495. The van der Waals surface area contributed by atoms with Crippen molar-refractivity contribution < 1.29 is 10.2 Å². The van der Waals surface area contributed by atoms with Gasteiger partial charge in [-0.25, -0.2) is 0 Å². The van der Waals surface area contributed by atoms with Gasteiger partial charge in [0, 0.05) is 0 Å². The Morgan fingerprint density at radius 3 is 1.57 bits per heavy atom. The van der Waals surface area contributed by atoms with Gasteiger partial charge in [0.05, 0.1) is 13.2 Å². The fourth-order valence-electron chi connectivity index (χ4n) is 5.24. The summed E-state index contributed by atoms with van der Waals surface area (Å²) in [6.45, 7) is 0.0990. The molecule has 6 aliphatic carbocycles. The molecule has 2 saturated carbocycles. The Labute approximate surface area is 122 Å².